The van der Waals surface area contributed by atoms with Gasteiger partial charge in [-0.15, -0.1) is 0 Å². The van der Waals surface area contributed by atoms with Gasteiger partial charge >= 0.3 is 6.18 Å². The highest BCUT2D eigenvalue weighted by atomic mass is 32.2. The Morgan fingerprint density at radius 3 is 1.95 bits per heavy atom. The molecule has 0 saturated carbocycles. The molecule has 0 unspecified atom stereocenters. The zero-order valence-electron chi connectivity index (χ0n) is 11.1. The maximum Gasteiger partial charge on any atom is 0.416 e. The second-order valence-corrected chi connectivity index (χ2v) is 6.24. The van der Waals surface area contributed by atoms with E-state index in [-0.39, 0.29) is 11.4 Å². The number of sulfonamides is 1. The van der Waals surface area contributed by atoms with Crippen molar-refractivity contribution < 1.29 is 26.0 Å². The molecule has 0 atom stereocenters. The Labute approximate surface area is 124 Å². The van der Waals surface area contributed by atoms with Gasteiger partial charge in [0.25, 0.3) is 0 Å². The van der Waals surface area contributed by atoms with Crippen molar-refractivity contribution in [1.82, 2.24) is 4.72 Å². The van der Waals surface area contributed by atoms with Crippen LogP contribution in [0.1, 0.15) is 11.1 Å². The molecule has 0 aromatic heterocycles. The standard InChI is InChI=1S/C14H11F4NO2S/c15-12-5-7-13(8-6-12)22(20,21)19-9-10-1-3-11(4-2-10)14(16,17)18/h1-8,19H,9H2. The van der Waals surface area contributed by atoms with E-state index in [0.29, 0.717) is 5.56 Å². The lowest BCUT2D eigenvalue weighted by molar-refractivity contribution is -0.137. The summed E-state index contributed by atoms with van der Waals surface area (Å²) >= 11 is 0. The Hall–Kier alpha value is -1.93. The van der Waals surface area contributed by atoms with Gasteiger partial charge in [0.05, 0.1) is 10.5 Å². The number of benzene rings is 2. The first-order chi connectivity index (χ1) is 10.2. The number of rotatable bonds is 4. The molecule has 22 heavy (non-hydrogen) atoms. The molecule has 0 aliphatic heterocycles. The third-order valence-corrected chi connectivity index (χ3v) is 4.29. The average molecular weight is 333 g/mol. The van der Waals surface area contributed by atoms with Gasteiger partial charge in [0, 0.05) is 6.54 Å². The van der Waals surface area contributed by atoms with Crippen LogP contribution in [-0.4, -0.2) is 8.42 Å². The second-order valence-electron chi connectivity index (χ2n) is 4.47. The largest absolute Gasteiger partial charge is 0.416 e. The summed E-state index contributed by atoms with van der Waals surface area (Å²) in [6, 6.07) is 8.35. The van der Waals surface area contributed by atoms with Gasteiger partial charge in [-0.05, 0) is 42.0 Å². The molecule has 0 aliphatic carbocycles. The van der Waals surface area contributed by atoms with Crippen molar-refractivity contribution in [2.24, 2.45) is 0 Å². The molecule has 2 aromatic carbocycles. The zero-order chi connectivity index (χ0) is 16.4. The van der Waals surface area contributed by atoms with Crippen LogP contribution in [0, 0.1) is 5.82 Å². The molecule has 0 spiro atoms. The minimum Gasteiger partial charge on any atom is -0.207 e. The summed E-state index contributed by atoms with van der Waals surface area (Å²) in [5, 5.41) is 0. The molecular formula is C14H11F4NO2S. The van der Waals surface area contributed by atoms with Crippen LogP contribution in [0.4, 0.5) is 17.6 Å². The third-order valence-electron chi connectivity index (χ3n) is 2.87. The number of nitrogens with one attached hydrogen (secondary N) is 1. The van der Waals surface area contributed by atoms with E-state index in [9.17, 15) is 26.0 Å². The van der Waals surface area contributed by atoms with Crippen molar-refractivity contribution in [3.63, 3.8) is 0 Å². The molecule has 1 N–H and O–H groups in total. The van der Waals surface area contributed by atoms with Gasteiger partial charge in [-0.1, -0.05) is 12.1 Å². The SMILES string of the molecule is O=S(=O)(NCc1ccc(C(F)(F)F)cc1)c1ccc(F)cc1. The van der Waals surface area contributed by atoms with Crippen molar-refractivity contribution >= 4 is 10.0 Å². The zero-order valence-corrected chi connectivity index (χ0v) is 11.9. The maximum absolute atomic E-state index is 12.8. The van der Waals surface area contributed by atoms with Crippen molar-refractivity contribution in [1.29, 1.82) is 0 Å². The van der Waals surface area contributed by atoms with E-state index in [1.54, 1.807) is 0 Å². The molecule has 118 valence electrons. The van der Waals surface area contributed by atoms with Gasteiger partial charge in [-0.25, -0.2) is 17.5 Å². The fraction of sp³-hybridized carbons (Fsp3) is 0.143. The number of halogens is 4. The Morgan fingerprint density at radius 1 is 0.909 bits per heavy atom. The van der Waals surface area contributed by atoms with Crippen LogP contribution in [-0.2, 0) is 22.7 Å². The van der Waals surface area contributed by atoms with Gasteiger partial charge in [0.1, 0.15) is 5.82 Å². The summed E-state index contributed by atoms with van der Waals surface area (Å²) in [5.74, 6) is -0.568. The molecule has 2 aromatic rings. The minimum absolute atomic E-state index is 0.124. The fourth-order valence-corrected chi connectivity index (χ4v) is 2.70. The highest BCUT2D eigenvalue weighted by Crippen LogP contribution is 2.29. The van der Waals surface area contributed by atoms with Crippen molar-refractivity contribution in [2.75, 3.05) is 0 Å². The fourth-order valence-electron chi connectivity index (χ4n) is 1.69. The number of hydrogen-bond acceptors (Lipinski definition) is 2. The lowest BCUT2D eigenvalue weighted by Gasteiger charge is -2.09. The predicted molar refractivity (Wildman–Crippen MR) is 71.9 cm³/mol. The van der Waals surface area contributed by atoms with Gasteiger partial charge in [0.15, 0.2) is 0 Å². The van der Waals surface area contributed by atoms with Gasteiger partial charge in [0.2, 0.25) is 10.0 Å². The normalized spacial score (nSPS) is 12.4. The van der Waals surface area contributed by atoms with Crippen LogP contribution in [0.15, 0.2) is 53.4 Å². The topological polar surface area (TPSA) is 46.2 Å². The van der Waals surface area contributed by atoms with Crippen LogP contribution in [0.25, 0.3) is 0 Å². The average Bonchev–Trinajstić information content (AvgIpc) is 2.45. The lowest BCUT2D eigenvalue weighted by atomic mass is 10.1. The molecule has 0 heterocycles. The Kier molecular flexibility index (Phi) is 4.52. The third kappa shape index (κ3) is 4.05. The van der Waals surface area contributed by atoms with Gasteiger partial charge < -0.3 is 0 Å². The minimum atomic E-state index is -4.44. The molecule has 3 nitrogen and oxygen atoms in total. The number of alkyl halides is 3. The Bertz CT molecular complexity index is 738. The lowest BCUT2D eigenvalue weighted by Crippen LogP contribution is -2.23. The van der Waals surface area contributed by atoms with E-state index in [2.05, 4.69) is 4.72 Å². The molecule has 0 bridgehead atoms. The van der Waals surface area contributed by atoms with E-state index >= 15 is 0 Å². The van der Waals surface area contributed by atoms with E-state index in [1.807, 2.05) is 0 Å². The van der Waals surface area contributed by atoms with Gasteiger partial charge in [-0.3, -0.25) is 0 Å². The van der Waals surface area contributed by atoms with E-state index < -0.39 is 27.6 Å². The molecule has 0 fully saturated rings. The molecule has 8 heteroatoms. The second kappa shape index (κ2) is 6.05. The summed E-state index contributed by atoms with van der Waals surface area (Å²) < 4.78 is 76.1. The maximum atomic E-state index is 12.8. The molecule has 0 radical (unpaired) electrons. The first-order valence-electron chi connectivity index (χ1n) is 6.10. The summed E-state index contributed by atoms with van der Waals surface area (Å²) in [7, 11) is -3.85. The van der Waals surface area contributed by atoms with Crippen LogP contribution in [0.2, 0.25) is 0 Å². The quantitative estimate of drug-likeness (QED) is 0.873. The van der Waals surface area contributed by atoms with Crippen LogP contribution in [0.3, 0.4) is 0 Å². The number of hydrogen-bond donors (Lipinski definition) is 1. The first kappa shape index (κ1) is 16.4. The summed E-state index contributed by atoms with van der Waals surface area (Å²) in [5.41, 5.74) is -0.434. The summed E-state index contributed by atoms with van der Waals surface area (Å²) in [6.45, 7) is -0.169. The molecule has 0 saturated heterocycles. The van der Waals surface area contributed by atoms with Crippen molar-refractivity contribution in [3.05, 3.63) is 65.5 Å². The molecule has 0 amide bonds. The van der Waals surface area contributed by atoms with E-state index in [0.717, 1.165) is 36.4 Å². The van der Waals surface area contributed by atoms with Crippen LogP contribution >= 0.6 is 0 Å². The highest BCUT2D eigenvalue weighted by molar-refractivity contribution is 7.89. The molecule has 0 aliphatic rings. The summed E-state index contributed by atoms with van der Waals surface area (Å²) in [6.07, 6.45) is -4.44. The van der Waals surface area contributed by atoms with Crippen molar-refractivity contribution in [3.8, 4) is 0 Å². The summed E-state index contributed by atoms with van der Waals surface area (Å²) in [4.78, 5) is -0.124. The van der Waals surface area contributed by atoms with Crippen molar-refractivity contribution in [2.45, 2.75) is 17.6 Å². The molecule has 2 rings (SSSR count). The smallest absolute Gasteiger partial charge is 0.207 e. The van der Waals surface area contributed by atoms with E-state index in [4.69, 9.17) is 0 Å². The van der Waals surface area contributed by atoms with Gasteiger partial charge in [-0.2, -0.15) is 13.2 Å². The van der Waals surface area contributed by atoms with E-state index in [1.165, 1.54) is 12.1 Å². The Morgan fingerprint density at radius 2 is 1.45 bits per heavy atom. The van der Waals surface area contributed by atoms with Crippen LogP contribution < -0.4 is 4.72 Å². The van der Waals surface area contributed by atoms with Crippen LogP contribution in [0.5, 0.6) is 0 Å². The molecular weight excluding hydrogens is 322 g/mol. The predicted octanol–water partition coefficient (Wildman–Crippen LogP) is 3.32. The highest BCUT2D eigenvalue weighted by Gasteiger charge is 2.29. The first-order valence-corrected chi connectivity index (χ1v) is 7.58. The monoisotopic (exact) mass is 333 g/mol. The Balaban J connectivity index is 2.07.